The maximum absolute atomic E-state index is 13.7. The molecule has 0 N–H and O–H groups in total. The van der Waals surface area contributed by atoms with E-state index in [-0.39, 0.29) is 12.7 Å². The first kappa shape index (κ1) is 27.5. The lowest BCUT2D eigenvalue weighted by molar-refractivity contribution is -0.122. The average Bonchev–Trinajstić information content (AvgIpc) is 3.59. The van der Waals surface area contributed by atoms with Gasteiger partial charge in [0.05, 0.1) is 23.7 Å². The van der Waals surface area contributed by atoms with E-state index in [1.807, 2.05) is 111 Å². The SMILES string of the molecule is CCOc1cc(/C=C2/SC(=Nc3ccc(C)cc3)N(Cc3ccccc3)C2=O)ccc1OCc1ccc2c(c1)OCO2. The monoisotopic (exact) mass is 578 g/mol. The molecule has 0 saturated carbocycles. The van der Waals surface area contributed by atoms with Crippen LogP contribution >= 0.6 is 11.8 Å². The first-order chi connectivity index (χ1) is 20.6. The Bertz CT molecular complexity index is 1650. The van der Waals surface area contributed by atoms with E-state index in [0.29, 0.717) is 47.1 Å². The summed E-state index contributed by atoms with van der Waals surface area (Å²) in [6.45, 7) is 5.46. The number of amides is 1. The molecule has 4 aromatic rings. The normalized spacial score (nSPS) is 16.0. The molecule has 2 aliphatic rings. The van der Waals surface area contributed by atoms with Gasteiger partial charge in [-0.1, -0.05) is 60.2 Å². The zero-order chi connectivity index (χ0) is 28.9. The summed E-state index contributed by atoms with van der Waals surface area (Å²) < 4.78 is 22.9. The molecule has 0 aliphatic carbocycles. The van der Waals surface area contributed by atoms with Gasteiger partial charge in [0.2, 0.25) is 6.79 Å². The molecule has 42 heavy (non-hydrogen) atoms. The molecule has 1 amide bonds. The third-order valence-electron chi connectivity index (χ3n) is 6.73. The molecule has 1 saturated heterocycles. The molecule has 0 aromatic heterocycles. The van der Waals surface area contributed by atoms with E-state index in [1.54, 1.807) is 4.90 Å². The highest BCUT2D eigenvalue weighted by atomic mass is 32.2. The highest BCUT2D eigenvalue weighted by Crippen LogP contribution is 2.37. The highest BCUT2D eigenvalue weighted by Gasteiger charge is 2.33. The largest absolute Gasteiger partial charge is 0.490 e. The second kappa shape index (κ2) is 12.4. The van der Waals surface area contributed by atoms with Crippen LogP contribution in [-0.4, -0.2) is 29.4 Å². The van der Waals surface area contributed by atoms with Crippen molar-refractivity contribution in [1.29, 1.82) is 0 Å². The number of hydrogen-bond donors (Lipinski definition) is 0. The number of carbonyl (C=O) groups is 1. The Balaban J connectivity index is 1.25. The summed E-state index contributed by atoms with van der Waals surface area (Å²) in [7, 11) is 0. The van der Waals surface area contributed by atoms with Gasteiger partial charge in [-0.15, -0.1) is 0 Å². The number of fused-ring (bicyclic) bond motifs is 1. The number of hydrogen-bond acceptors (Lipinski definition) is 7. The van der Waals surface area contributed by atoms with E-state index < -0.39 is 0 Å². The quantitative estimate of drug-likeness (QED) is 0.192. The van der Waals surface area contributed by atoms with Crippen LogP contribution in [0.1, 0.15) is 29.2 Å². The van der Waals surface area contributed by atoms with Gasteiger partial charge in [-0.25, -0.2) is 4.99 Å². The fourth-order valence-electron chi connectivity index (χ4n) is 4.57. The van der Waals surface area contributed by atoms with Crippen LogP contribution in [0.2, 0.25) is 0 Å². The van der Waals surface area contributed by atoms with Crippen LogP contribution in [0.4, 0.5) is 5.69 Å². The summed E-state index contributed by atoms with van der Waals surface area (Å²) in [4.78, 5) is 20.8. The minimum atomic E-state index is -0.0872. The molecule has 7 nitrogen and oxygen atoms in total. The number of aryl methyl sites for hydroxylation is 1. The number of aliphatic imine (C=N–C) groups is 1. The van der Waals surface area contributed by atoms with Crippen molar-refractivity contribution in [2.45, 2.75) is 27.0 Å². The molecule has 1 fully saturated rings. The molecule has 0 unspecified atom stereocenters. The summed E-state index contributed by atoms with van der Waals surface area (Å²) >= 11 is 1.37. The van der Waals surface area contributed by atoms with Gasteiger partial charge in [0.25, 0.3) is 5.91 Å². The first-order valence-corrected chi connectivity index (χ1v) is 14.6. The molecule has 2 aliphatic heterocycles. The fourth-order valence-corrected chi connectivity index (χ4v) is 5.57. The molecule has 0 bridgehead atoms. The van der Waals surface area contributed by atoms with E-state index in [0.717, 1.165) is 33.7 Å². The molecule has 4 aromatic carbocycles. The van der Waals surface area contributed by atoms with Gasteiger partial charge >= 0.3 is 0 Å². The number of carbonyl (C=O) groups excluding carboxylic acids is 1. The van der Waals surface area contributed by atoms with Crippen LogP contribution in [0.15, 0.2) is 101 Å². The van der Waals surface area contributed by atoms with E-state index in [9.17, 15) is 4.79 Å². The highest BCUT2D eigenvalue weighted by molar-refractivity contribution is 8.18. The molecular formula is C34H30N2O5S. The second-order valence-electron chi connectivity index (χ2n) is 9.83. The Labute approximate surface area is 249 Å². The summed E-state index contributed by atoms with van der Waals surface area (Å²) in [5.74, 6) is 2.59. The van der Waals surface area contributed by atoms with Crippen molar-refractivity contribution in [3.8, 4) is 23.0 Å². The van der Waals surface area contributed by atoms with Crippen molar-refractivity contribution in [3.63, 3.8) is 0 Å². The third-order valence-corrected chi connectivity index (χ3v) is 7.73. The lowest BCUT2D eigenvalue weighted by Crippen LogP contribution is -2.28. The van der Waals surface area contributed by atoms with E-state index in [1.165, 1.54) is 11.8 Å². The number of amidine groups is 1. The predicted molar refractivity (Wildman–Crippen MR) is 165 cm³/mol. The van der Waals surface area contributed by atoms with Gasteiger partial charge in [0, 0.05) is 0 Å². The lowest BCUT2D eigenvalue weighted by Gasteiger charge is -2.15. The van der Waals surface area contributed by atoms with E-state index in [4.69, 9.17) is 23.9 Å². The Morgan fingerprint density at radius 2 is 1.69 bits per heavy atom. The van der Waals surface area contributed by atoms with E-state index in [2.05, 4.69) is 0 Å². The molecule has 0 atom stereocenters. The van der Waals surface area contributed by atoms with Crippen LogP contribution in [0.25, 0.3) is 6.08 Å². The molecular weight excluding hydrogens is 548 g/mol. The predicted octanol–water partition coefficient (Wildman–Crippen LogP) is 7.51. The average molecular weight is 579 g/mol. The number of rotatable bonds is 9. The van der Waals surface area contributed by atoms with Crippen LogP contribution in [0.5, 0.6) is 23.0 Å². The molecule has 212 valence electrons. The van der Waals surface area contributed by atoms with Crippen LogP contribution in [-0.2, 0) is 17.9 Å². The second-order valence-corrected chi connectivity index (χ2v) is 10.8. The van der Waals surface area contributed by atoms with Gasteiger partial charge in [0.1, 0.15) is 6.61 Å². The van der Waals surface area contributed by atoms with Crippen LogP contribution in [0.3, 0.4) is 0 Å². The van der Waals surface area contributed by atoms with Gasteiger partial charge in [-0.2, -0.15) is 0 Å². The number of ether oxygens (including phenoxy) is 4. The van der Waals surface area contributed by atoms with Crippen molar-refractivity contribution in [3.05, 3.63) is 118 Å². The summed E-state index contributed by atoms with van der Waals surface area (Å²) in [6.07, 6.45) is 1.88. The smallest absolute Gasteiger partial charge is 0.267 e. The van der Waals surface area contributed by atoms with Crippen molar-refractivity contribution in [1.82, 2.24) is 4.90 Å². The summed E-state index contributed by atoms with van der Waals surface area (Å²) in [5.41, 5.74) is 4.79. The minimum absolute atomic E-state index is 0.0872. The third kappa shape index (κ3) is 6.29. The van der Waals surface area contributed by atoms with E-state index >= 15 is 0 Å². The topological polar surface area (TPSA) is 69.6 Å². The van der Waals surface area contributed by atoms with Gasteiger partial charge in [-0.3, -0.25) is 9.69 Å². The fraction of sp³-hybridized carbons (Fsp3) is 0.176. The lowest BCUT2D eigenvalue weighted by atomic mass is 10.1. The maximum atomic E-state index is 13.7. The maximum Gasteiger partial charge on any atom is 0.267 e. The van der Waals surface area contributed by atoms with Crippen LogP contribution in [0, 0.1) is 6.92 Å². The number of thioether (sulfide) groups is 1. The minimum Gasteiger partial charge on any atom is -0.490 e. The van der Waals surface area contributed by atoms with Crippen molar-refractivity contribution in [2.75, 3.05) is 13.4 Å². The number of nitrogens with zero attached hydrogens (tertiary/aromatic N) is 2. The zero-order valence-corrected chi connectivity index (χ0v) is 24.2. The molecule has 6 rings (SSSR count). The van der Waals surface area contributed by atoms with Gasteiger partial charge in [0.15, 0.2) is 28.2 Å². The molecule has 0 spiro atoms. The Morgan fingerprint density at radius 3 is 2.50 bits per heavy atom. The first-order valence-electron chi connectivity index (χ1n) is 13.7. The zero-order valence-electron chi connectivity index (χ0n) is 23.4. The molecule has 0 radical (unpaired) electrons. The van der Waals surface area contributed by atoms with Crippen molar-refractivity contribution < 1.29 is 23.7 Å². The number of benzene rings is 4. The van der Waals surface area contributed by atoms with Gasteiger partial charge < -0.3 is 18.9 Å². The Morgan fingerprint density at radius 1 is 0.881 bits per heavy atom. The van der Waals surface area contributed by atoms with Crippen molar-refractivity contribution in [2.24, 2.45) is 4.99 Å². The standard InChI is InChI=1S/C34H30N2O5S/c1-3-38-30-17-25(11-15-28(30)39-21-26-12-16-29-31(18-26)41-22-40-29)19-32-33(37)36(20-24-7-5-4-6-8-24)34(42-32)35-27-13-9-23(2)10-14-27/h4-19H,3,20-22H2,1-2H3/b32-19+,35-34?. The van der Waals surface area contributed by atoms with Gasteiger partial charge in [-0.05, 0) is 84.8 Å². The summed E-state index contributed by atoms with van der Waals surface area (Å²) in [6, 6.07) is 29.4. The van der Waals surface area contributed by atoms with Crippen molar-refractivity contribution >= 4 is 34.6 Å². The Hall–Kier alpha value is -4.69. The van der Waals surface area contributed by atoms with Crippen LogP contribution < -0.4 is 18.9 Å². The molecule has 2 heterocycles. The Kier molecular flexibility index (Phi) is 8.14. The molecule has 8 heteroatoms. The summed E-state index contributed by atoms with van der Waals surface area (Å²) in [5, 5.41) is 0.646.